The number of anilines is 2. The molecule has 0 saturated carbocycles. The van der Waals surface area contributed by atoms with E-state index >= 15 is 0 Å². The first-order valence-electron chi connectivity index (χ1n) is 9.52. The number of aromatic nitrogens is 4. The van der Waals surface area contributed by atoms with Gasteiger partial charge >= 0.3 is 0 Å². The van der Waals surface area contributed by atoms with Crippen molar-refractivity contribution in [3.8, 4) is 17.2 Å². The summed E-state index contributed by atoms with van der Waals surface area (Å²) in [7, 11) is 0. The monoisotopic (exact) mass is 406 g/mol. The highest BCUT2D eigenvalue weighted by Crippen LogP contribution is 2.36. The fourth-order valence-corrected chi connectivity index (χ4v) is 3.58. The highest BCUT2D eigenvalue weighted by molar-refractivity contribution is 6.03. The summed E-state index contributed by atoms with van der Waals surface area (Å²) in [5.41, 5.74) is 2.02. The van der Waals surface area contributed by atoms with E-state index in [9.17, 15) is 9.59 Å². The maximum Gasteiger partial charge on any atom is 0.229 e. The van der Waals surface area contributed by atoms with Crippen LogP contribution in [0.2, 0.25) is 0 Å². The molecule has 2 aliphatic heterocycles. The number of benzene rings is 2. The van der Waals surface area contributed by atoms with E-state index < -0.39 is 5.92 Å². The standard InChI is InChI=1S/C20H18N6O4/c27-19-8-13(11-25(19)15-4-5-17-18(10-15)30-7-6-29-17)20(28)22-14-2-1-3-16(9-14)26-12-21-23-24-26/h1-5,9-10,12-13H,6-8,11H2,(H,22,28). The van der Waals surface area contributed by atoms with E-state index in [1.165, 1.54) is 11.0 Å². The summed E-state index contributed by atoms with van der Waals surface area (Å²) in [6, 6.07) is 12.5. The molecule has 1 saturated heterocycles. The second kappa shape index (κ2) is 7.47. The molecule has 10 heteroatoms. The van der Waals surface area contributed by atoms with E-state index in [0.29, 0.717) is 42.6 Å². The first kappa shape index (κ1) is 18.1. The van der Waals surface area contributed by atoms with Crippen LogP contribution in [0.4, 0.5) is 11.4 Å². The maximum atomic E-state index is 12.8. The zero-order valence-electron chi connectivity index (χ0n) is 15.9. The van der Waals surface area contributed by atoms with Gasteiger partial charge in [-0.1, -0.05) is 6.07 Å². The number of nitrogens with one attached hydrogen (secondary N) is 1. The van der Waals surface area contributed by atoms with Crippen molar-refractivity contribution in [2.75, 3.05) is 30.0 Å². The zero-order chi connectivity index (χ0) is 20.5. The van der Waals surface area contributed by atoms with E-state index in [1.54, 1.807) is 41.3 Å². The van der Waals surface area contributed by atoms with Crippen LogP contribution in [0.25, 0.3) is 5.69 Å². The Hall–Kier alpha value is -3.95. The highest BCUT2D eigenvalue weighted by Gasteiger charge is 2.35. The van der Waals surface area contributed by atoms with Crippen molar-refractivity contribution in [3.63, 3.8) is 0 Å². The van der Waals surface area contributed by atoms with Crippen LogP contribution in [-0.2, 0) is 9.59 Å². The summed E-state index contributed by atoms with van der Waals surface area (Å²) in [5.74, 6) is 0.501. The molecule has 3 heterocycles. The van der Waals surface area contributed by atoms with E-state index in [0.717, 1.165) is 5.69 Å². The van der Waals surface area contributed by atoms with Crippen LogP contribution in [0, 0.1) is 5.92 Å². The summed E-state index contributed by atoms with van der Waals surface area (Å²) in [4.78, 5) is 27.0. The number of tetrazole rings is 1. The normalized spacial score (nSPS) is 17.8. The largest absolute Gasteiger partial charge is 0.486 e. The number of rotatable bonds is 4. The Balaban J connectivity index is 1.29. The minimum atomic E-state index is -0.456. The molecule has 30 heavy (non-hydrogen) atoms. The van der Waals surface area contributed by atoms with Gasteiger partial charge in [0, 0.05) is 30.4 Å². The number of amides is 2. The van der Waals surface area contributed by atoms with Gasteiger partial charge in [-0.2, -0.15) is 0 Å². The lowest BCUT2D eigenvalue weighted by atomic mass is 10.1. The van der Waals surface area contributed by atoms with Gasteiger partial charge in [0.05, 0.1) is 11.6 Å². The molecular weight excluding hydrogens is 388 g/mol. The van der Waals surface area contributed by atoms with Gasteiger partial charge in [0.25, 0.3) is 0 Å². The van der Waals surface area contributed by atoms with Crippen LogP contribution in [0.5, 0.6) is 11.5 Å². The van der Waals surface area contributed by atoms with Gasteiger partial charge in [-0.05, 0) is 40.8 Å². The summed E-state index contributed by atoms with van der Waals surface area (Å²) >= 11 is 0. The fourth-order valence-electron chi connectivity index (χ4n) is 3.58. The maximum absolute atomic E-state index is 12.8. The summed E-state index contributed by atoms with van der Waals surface area (Å²) in [6.07, 6.45) is 1.62. The smallest absolute Gasteiger partial charge is 0.229 e. The predicted molar refractivity (Wildman–Crippen MR) is 106 cm³/mol. The molecule has 0 spiro atoms. The molecule has 1 fully saturated rings. The quantitative estimate of drug-likeness (QED) is 0.697. The van der Waals surface area contributed by atoms with Gasteiger partial charge in [0.1, 0.15) is 19.5 Å². The number of nitrogens with zero attached hydrogens (tertiary/aromatic N) is 5. The van der Waals surface area contributed by atoms with Crippen LogP contribution >= 0.6 is 0 Å². The van der Waals surface area contributed by atoms with E-state index in [4.69, 9.17) is 9.47 Å². The first-order valence-corrected chi connectivity index (χ1v) is 9.52. The summed E-state index contributed by atoms with van der Waals surface area (Å²) in [6.45, 7) is 1.28. The Morgan fingerprint density at radius 1 is 1.07 bits per heavy atom. The van der Waals surface area contributed by atoms with Gasteiger partial charge in [-0.3, -0.25) is 9.59 Å². The molecule has 2 aliphatic rings. The Kier molecular flexibility index (Phi) is 4.51. The van der Waals surface area contributed by atoms with Crippen LogP contribution in [0.3, 0.4) is 0 Å². The SMILES string of the molecule is O=C(Nc1cccc(-n2cnnn2)c1)C1CC(=O)N(c2ccc3c(c2)OCCO3)C1. The molecule has 1 aromatic heterocycles. The Labute approximate surface area is 171 Å². The lowest BCUT2D eigenvalue weighted by Crippen LogP contribution is -2.28. The van der Waals surface area contributed by atoms with Crippen molar-refractivity contribution in [1.29, 1.82) is 0 Å². The van der Waals surface area contributed by atoms with Crippen LogP contribution < -0.4 is 19.7 Å². The molecule has 0 aliphatic carbocycles. The van der Waals surface area contributed by atoms with Gasteiger partial charge in [0.2, 0.25) is 11.8 Å². The van der Waals surface area contributed by atoms with Gasteiger partial charge in [0.15, 0.2) is 11.5 Å². The number of fused-ring (bicyclic) bond motifs is 1. The van der Waals surface area contributed by atoms with Gasteiger partial charge < -0.3 is 19.7 Å². The molecule has 2 amide bonds. The Morgan fingerprint density at radius 3 is 2.77 bits per heavy atom. The molecular formula is C20H18N6O4. The molecule has 5 rings (SSSR count). The molecule has 1 atom stereocenters. The third-order valence-corrected chi connectivity index (χ3v) is 5.06. The zero-order valence-corrected chi connectivity index (χ0v) is 15.9. The Morgan fingerprint density at radius 2 is 1.93 bits per heavy atom. The molecule has 0 radical (unpaired) electrons. The number of ether oxygens (including phenoxy) is 2. The third kappa shape index (κ3) is 3.43. The van der Waals surface area contributed by atoms with E-state index in [2.05, 4.69) is 20.8 Å². The lowest BCUT2D eigenvalue weighted by molar-refractivity contribution is -0.122. The first-order chi connectivity index (χ1) is 14.7. The fraction of sp³-hybridized carbons (Fsp3) is 0.250. The molecule has 10 nitrogen and oxygen atoms in total. The molecule has 2 aromatic carbocycles. The molecule has 3 aromatic rings. The minimum Gasteiger partial charge on any atom is -0.486 e. The number of hydrogen-bond acceptors (Lipinski definition) is 7. The van der Waals surface area contributed by atoms with Crippen molar-refractivity contribution in [2.24, 2.45) is 5.92 Å². The summed E-state index contributed by atoms with van der Waals surface area (Å²) in [5, 5.41) is 13.9. The van der Waals surface area contributed by atoms with Crippen molar-refractivity contribution in [2.45, 2.75) is 6.42 Å². The Bertz CT molecular complexity index is 1100. The van der Waals surface area contributed by atoms with Gasteiger partial charge in [-0.15, -0.1) is 5.10 Å². The molecule has 1 N–H and O–H groups in total. The van der Waals surface area contributed by atoms with Crippen molar-refractivity contribution < 1.29 is 19.1 Å². The topological polar surface area (TPSA) is 111 Å². The lowest BCUT2D eigenvalue weighted by Gasteiger charge is -2.22. The number of carbonyl (C=O) groups excluding carboxylic acids is 2. The van der Waals surface area contributed by atoms with Crippen molar-refractivity contribution >= 4 is 23.2 Å². The van der Waals surface area contributed by atoms with Crippen molar-refractivity contribution in [3.05, 3.63) is 48.8 Å². The highest BCUT2D eigenvalue weighted by atomic mass is 16.6. The number of carbonyl (C=O) groups is 2. The average Bonchev–Trinajstić information content (AvgIpc) is 3.44. The third-order valence-electron chi connectivity index (χ3n) is 5.06. The van der Waals surface area contributed by atoms with Crippen LogP contribution in [-0.4, -0.2) is 51.8 Å². The van der Waals surface area contributed by atoms with Crippen LogP contribution in [0.15, 0.2) is 48.8 Å². The van der Waals surface area contributed by atoms with E-state index in [-0.39, 0.29) is 18.2 Å². The molecule has 152 valence electrons. The second-order valence-corrected chi connectivity index (χ2v) is 7.03. The summed E-state index contributed by atoms with van der Waals surface area (Å²) < 4.78 is 12.6. The minimum absolute atomic E-state index is 0.103. The second-order valence-electron chi connectivity index (χ2n) is 7.03. The molecule has 1 unspecified atom stereocenters. The molecule has 0 bridgehead atoms. The average molecular weight is 406 g/mol. The van der Waals surface area contributed by atoms with Crippen molar-refractivity contribution in [1.82, 2.24) is 20.2 Å². The van der Waals surface area contributed by atoms with E-state index in [1.807, 2.05) is 6.07 Å². The number of hydrogen-bond donors (Lipinski definition) is 1. The van der Waals surface area contributed by atoms with Gasteiger partial charge in [-0.25, -0.2) is 4.68 Å². The van der Waals surface area contributed by atoms with Crippen LogP contribution in [0.1, 0.15) is 6.42 Å². The predicted octanol–water partition coefficient (Wildman–Crippen LogP) is 1.43.